The minimum absolute atomic E-state index is 0.0843. The fourth-order valence-electron chi connectivity index (χ4n) is 6.71. The summed E-state index contributed by atoms with van der Waals surface area (Å²) in [5.74, 6) is 0.627. The Balaban J connectivity index is 1.43. The van der Waals surface area contributed by atoms with Gasteiger partial charge in [0.2, 0.25) is 5.91 Å². The molecular formula is C35H35F3N6O3. The van der Waals surface area contributed by atoms with Crippen molar-refractivity contribution in [3.05, 3.63) is 60.3 Å². The molecule has 47 heavy (non-hydrogen) atoms. The monoisotopic (exact) mass is 644 g/mol. The molecule has 4 aromatic rings. The van der Waals surface area contributed by atoms with Gasteiger partial charge in [0.05, 0.1) is 10.9 Å². The van der Waals surface area contributed by atoms with E-state index in [1.54, 1.807) is 7.05 Å². The number of phenols is 1. The summed E-state index contributed by atoms with van der Waals surface area (Å²) in [4.78, 5) is 27.2. The number of aromatic nitrogens is 3. The molecule has 244 valence electrons. The van der Waals surface area contributed by atoms with Crippen molar-refractivity contribution >= 4 is 33.4 Å². The quantitative estimate of drug-likeness (QED) is 0.153. The first-order valence-electron chi connectivity index (χ1n) is 15.5. The van der Waals surface area contributed by atoms with Gasteiger partial charge >= 0.3 is 6.01 Å². The van der Waals surface area contributed by atoms with Crippen molar-refractivity contribution in [2.75, 3.05) is 38.6 Å². The van der Waals surface area contributed by atoms with Gasteiger partial charge in [-0.15, -0.1) is 6.42 Å². The smallest absolute Gasteiger partial charge is 0.319 e. The lowest BCUT2D eigenvalue weighted by molar-refractivity contribution is -0.116. The SMILES string of the molecule is C#Cc1c(F)ccc2cc(O)cc(-c3ncc4c(NCC5(CNC(=O)C=C)CCCC5)nc(OC[C@@H]5C[C@@H](F)CN5C)nc4c3F)c12. The summed E-state index contributed by atoms with van der Waals surface area (Å²) < 4.78 is 51.4. The number of anilines is 1. The van der Waals surface area contributed by atoms with Crippen molar-refractivity contribution in [1.82, 2.24) is 25.2 Å². The highest BCUT2D eigenvalue weighted by molar-refractivity contribution is 6.03. The molecule has 2 aliphatic rings. The number of likely N-dealkylation sites (N-methyl/N-ethyl adjacent to an activating group) is 1. The standard InChI is InChI=1S/C35H35F3N6O3/c1-4-24-27(37)9-8-20-12-23(45)14-25(29(20)24)31-30(38)32-26(15-39-31)33(41-19-35(10-6-7-11-35)18-40-28(46)5-2)43-34(42-32)47-17-22-13-21(36)16-44(22)3/h1,5,8-9,12,14-15,21-22,45H,2,6-7,10-11,13,16-19H2,3H3,(H,40,46)(H,41,42,43)/t21-,22+/m1/s1. The van der Waals surface area contributed by atoms with Gasteiger partial charge in [-0.25, -0.2) is 13.2 Å². The van der Waals surface area contributed by atoms with E-state index in [1.807, 2.05) is 4.90 Å². The molecule has 1 saturated carbocycles. The number of phenolic OH excluding ortho intramolecular Hbond substituents is 1. The molecule has 1 amide bonds. The predicted molar refractivity (Wildman–Crippen MR) is 174 cm³/mol. The number of terminal acetylenes is 1. The maximum atomic E-state index is 16.7. The number of amides is 1. The van der Waals surface area contributed by atoms with E-state index >= 15 is 4.39 Å². The van der Waals surface area contributed by atoms with Gasteiger partial charge in [0.25, 0.3) is 0 Å². The number of hydrogen-bond acceptors (Lipinski definition) is 8. The molecule has 1 aliphatic heterocycles. The van der Waals surface area contributed by atoms with Crippen molar-refractivity contribution in [3.8, 4) is 35.4 Å². The van der Waals surface area contributed by atoms with E-state index in [0.29, 0.717) is 18.5 Å². The van der Waals surface area contributed by atoms with Crippen LogP contribution in [0.3, 0.4) is 0 Å². The molecular weight excluding hydrogens is 609 g/mol. The van der Waals surface area contributed by atoms with Crippen LogP contribution in [-0.2, 0) is 4.79 Å². The van der Waals surface area contributed by atoms with Gasteiger partial charge < -0.3 is 20.5 Å². The predicted octanol–water partition coefficient (Wildman–Crippen LogP) is 5.51. The molecule has 12 heteroatoms. The molecule has 0 spiro atoms. The minimum atomic E-state index is -0.978. The van der Waals surface area contributed by atoms with Gasteiger partial charge in [-0.1, -0.05) is 31.4 Å². The molecule has 2 aromatic heterocycles. The van der Waals surface area contributed by atoms with Gasteiger partial charge in [-0.3, -0.25) is 14.7 Å². The van der Waals surface area contributed by atoms with Crippen molar-refractivity contribution < 1.29 is 27.8 Å². The number of carbonyl (C=O) groups is 1. The molecule has 0 radical (unpaired) electrons. The summed E-state index contributed by atoms with van der Waals surface area (Å²) in [7, 11) is 1.80. The number of aromatic hydroxyl groups is 1. The van der Waals surface area contributed by atoms with Crippen LogP contribution in [0.5, 0.6) is 11.8 Å². The average Bonchev–Trinajstić information content (AvgIpc) is 3.66. The Morgan fingerprint density at radius 3 is 2.74 bits per heavy atom. The van der Waals surface area contributed by atoms with Gasteiger partial charge in [0, 0.05) is 48.2 Å². The van der Waals surface area contributed by atoms with E-state index in [0.717, 1.165) is 25.7 Å². The molecule has 1 saturated heterocycles. The molecule has 2 aromatic carbocycles. The number of ether oxygens (including phenoxy) is 1. The molecule has 0 unspecified atom stereocenters. The number of likely N-dealkylation sites (tertiary alicyclic amines) is 1. The number of pyridine rings is 1. The summed E-state index contributed by atoms with van der Waals surface area (Å²) in [6.45, 7) is 4.73. The Morgan fingerprint density at radius 1 is 1.26 bits per heavy atom. The highest BCUT2D eigenvalue weighted by Crippen LogP contribution is 2.40. The number of nitrogens with zero attached hydrogens (tertiary/aromatic N) is 4. The van der Waals surface area contributed by atoms with Crippen LogP contribution in [0.15, 0.2) is 43.1 Å². The van der Waals surface area contributed by atoms with Crippen LogP contribution in [0.4, 0.5) is 19.0 Å². The van der Waals surface area contributed by atoms with E-state index in [4.69, 9.17) is 11.2 Å². The third-order valence-electron chi connectivity index (χ3n) is 9.27. The summed E-state index contributed by atoms with van der Waals surface area (Å²) >= 11 is 0. The first-order chi connectivity index (χ1) is 22.6. The van der Waals surface area contributed by atoms with Crippen LogP contribution in [-0.4, -0.2) is 76.4 Å². The van der Waals surface area contributed by atoms with Crippen LogP contribution in [0, 0.1) is 29.4 Å². The number of rotatable bonds is 10. The topological polar surface area (TPSA) is 112 Å². The first-order valence-corrected chi connectivity index (χ1v) is 15.5. The van der Waals surface area contributed by atoms with E-state index in [-0.39, 0.29) is 87.6 Å². The van der Waals surface area contributed by atoms with Crippen molar-refractivity contribution in [2.45, 2.75) is 44.3 Å². The number of nitrogens with one attached hydrogen (secondary N) is 2. The fraction of sp³-hybridized carbons (Fsp3) is 0.371. The zero-order chi connectivity index (χ0) is 33.3. The van der Waals surface area contributed by atoms with E-state index < -0.39 is 17.8 Å². The first kappa shape index (κ1) is 32.1. The molecule has 0 bridgehead atoms. The zero-order valence-corrected chi connectivity index (χ0v) is 26.0. The number of halogens is 3. The van der Waals surface area contributed by atoms with Crippen LogP contribution in [0.25, 0.3) is 32.9 Å². The second-order valence-electron chi connectivity index (χ2n) is 12.4. The van der Waals surface area contributed by atoms with Gasteiger partial charge in [0.15, 0.2) is 5.82 Å². The molecule has 2 fully saturated rings. The zero-order valence-electron chi connectivity index (χ0n) is 26.0. The number of hydrogen-bond donors (Lipinski definition) is 3. The largest absolute Gasteiger partial charge is 0.508 e. The second-order valence-corrected chi connectivity index (χ2v) is 12.4. The highest BCUT2D eigenvalue weighted by Gasteiger charge is 2.35. The Bertz CT molecular complexity index is 1910. The van der Waals surface area contributed by atoms with E-state index in [1.165, 1.54) is 36.5 Å². The third kappa shape index (κ3) is 6.40. The van der Waals surface area contributed by atoms with E-state index in [2.05, 4.69) is 38.1 Å². The molecule has 3 N–H and O–H groups in total. The van der Waals surface area contributed by atoms with Gasteiger partial charge in [-0.2, -0.15) is 9.97 Å². The average molecular weight is 645 g/mol. The molecule has 9 nitrogen and oxygen atoms in total. The lowest BCUT2D eigenvalue weighted by Gasteiger charge is -2.30. The lowest BCUT2D eigenvalue weighted by atomic mass is 9.86. The lowest BCUT2D eigenvalue weighted by Crippen LogP contribution is -2.39. The molecule has 2 atom stereocenters. The number of fused-ring (bicyclic) bond motifs is 2. The van der Waals surface area contributed by atoms with Crippen LogP contribution in [0.2, 0.25) is 0 Å². The fourth-order valence-corrected chi connectivity index (χ4v) is 6.71. The third-order valence-corrected chi connectivity index (χ3v) is 9.27. The van der Waals surface area contributed by atoms with E-state index in [9.17, 15) is 18.7 Å². The van der Waals surface area contributed by atoms with Crippen molar-refractivity contribution in [1.29, 1.82) is 0 Å². The summed E-state index contributed by atoms with van der Waals surface area (Å²) in [5.41, 5.74) is -0.605. The number of benzene rings is 2. The summed E-state index contributed by atoms with van der Waals surface area (Å²) in [5, 5.41) is 17.6. The maximum Gasteiger partial charge on any atom is 0.319 e. The normalized spacial score (nSPS) is 19.1. The number of carbonyl (C=O) groups excluding carboxylic acids is 1. The summed E-state index contributed by atoms with van der Waals surface area (Å²) in [6, 6.07) is 4.98. The van der Waals surface area contributed by atoms with Crippen molar-refractivity contribution in [3.63, 3.8) is 0 Å². The molecule has 1 aliphatic carbocycles. The Morgan fingerprint density at radius 2 is 2.04 bits per heavy atom. The minimum Gasteiger partial charge on any atom is -0.508 e. The highest BCUT2D eigenvalue weighted by atomic mass is 19.1. The van der Waals surface area contributed by atoms with Crippen molar-refractivity contribution in [2.24, 2.45) is 5.41 Å². The second kappa shape index (κ2) is 13.1. The Labute approximate surface area is 270 Å². The summed E-state index contributed by atoms with van der Waals surface area (Å²) in [6.07, 6.45) is 11.3. The van der Waals surface area contributed by atoms with Crippen LogP contribution in [0.1, 0.15) is 37.7 Å². The van der Waals surface area contributed by atoms with Gasteiger partial charge in [-0.05, 0) is 56.0 Å². The molecule has 6 rings (SSSR count). The Hall–Kier alpha value is -4.89. The van der Waals surface area contributed by atoms with Crippen LogP contribution >= 0.6 is 0 Å². The molecule has 3 heterocycles. The van der Waals surface area contributed by atoms with Crippen LogP contribution < -0.4 is 15.4 Å². The maximum absolute atomic E-state index is 16.7. The Kier molecular flexibility index (Phi) is 8.92. The van der Waals surface area contributed by atoms with Gasteiger partial charge in [0.1, 0.15) is 41.4 Å². The number of alkyl halides is 1.